The number of hydrogen-bond donors (Lipinski definition) is 2. The number of likely N-dealkylation sites (tertiary alicyclic amines) is 1. The van der Waals surface area contributed by atoms with Crippen molar-refractivity contribution in [2.45, 2.75) is 69.0 Å². The lowest BCUT2D eigenvalue weighted by molar-refractivity contribution is -0.129. The molecule has 0 radical (unpaired) electrons. The first-order valence-electron chi connectivity index (χ1n) is 11.6. The van der Waals surface area contributed by atoms with E-state index in [9.17, 15) is 9.59 Å². The smallest absolute Gasteiger partial charge is 0.315 e. The van der Waals surface area contributed by atoms with Gasteiger partial charge in [0.25, 0.3) is 0 Å². The number of urea groups is 1. The molecule has 2 N–H and O–H groups in total. The fourth-order valence-corrected chi connectivity index (χ4v) is 7.00. The average Bonchev–Trinajstić information content (AvgIpc) is 3.16. The first kappa shape index (κ1) is 22.3. The number of hydrogen-bond acceptors (Lipinski definition) is 4. The zero-order valence-corrected chi connectivity index (χ0v) is 19.7. The van der Waals surface area contributed by atoms with E-state index in [2.05, 4.69) is 24.5 Å². The van der Waals surface area contributed by atoms with Crippen LogP contribution in [0.25, 0.3) is 0 Å². The van der Waals surface area contributed by atoms with Crippen molar-refractivity contribution < 1.29 is 14.3 Å². The Hall–Kier alpha value is -1.89. The zero-order chi connectivity index (χ0) is 22.0. The van der Waals surface area contributed by atoms with Gasteiger partial charge in [0, 0.05) is 18.5 Å². The standard InChI is InChI=1S/C24H35N3O3S/c1-16(17-9-11-19(30-3)12-10-17)27-14-13-20(21(27)28)31-22-24(2,15-25-23(29)26-22)18-7-5-4-6-8-18/h9-12,16,18,20,22H,4-8,13-15H2,1-3H3,(H2,25,26,29)/t16-,20?,22?,24?/m1/s1. The fraction of sp³-hybridized carbons (Fsp3) is 0.667. The van der Waals surface area contributed by atoms with Crippen LogP contribution in [0.15, 0.2) is 24.3 Å². The second kappa shape index (κ2) is 9.31. The maximum atomic E-state index is 13.3. The minimum absolute atomic E-state index is 0.0244. The highest BCUT2D eigenvalue weighted by molar-refractivity contribution is 8.01. The van der Waals surface area contributed by atoms with Crippen molar-refractivity contribution in [2.24, 2.45) is 11.3 Å². The molecule has 2 heterocycles. The number of amides is 3. The number of thioether (sulfide) groups is 1. The zero-order valence-electron chi connectivity index (χ0n) is 18.9. The summed E-state index contributed by atoms with van der Waals surface area (Å²) in [5.41, 5.74) is 1.08. The minimum atomic E-state index is -0.111. The number of ether oxygens (including phenoxy) is 1. The molecule has 6 nitrogen and oxygen atoms in total. The average molecular weight is 446 g/mol. The van der Waals surface area contributed by atoms with Gasteiger partial charge in [-0.25, -0.2) is 4.79 Å². The van der Waals surface area contributed by atoms with E-state index in [1.807, 2.05) is 29.2 Å². The first-order valence-corrected chi connectivity index (χ1v) is 12.5. The van der Waals surface area contributed by atoms with Gasteiger partial charge in [0.1, 0.15) is 5.75 Å². The highest BCUT2D eigenvalue weighted by atomic mass is 32.2. The molecule has 2 aliphatic heterocycles. The summed E-state index contributed by atoms with van der Waals surface area (Å²) in [5.74, 6) is 1.59. The van der Waals surface area contributed by atoms with Crippen LogP contribution in [0.1, 0.15) is 64.0 Å². The summed E-state index contributed by atoms with van der Waals surface area (Å²) in [5, 5.41) is 6.06. The van der Waals surface area contributed by atoms with Crippen molar-refractivity contribution in [3.8, 4) is 5.75 Å². The number of rotatable bonds is 6. The monoisotopic (exact) mass is 445 g/mol. The third-order valence-electron chi connectivity index (χ3n) is 7.59. The molecule has 7 heteroatoms. The summed E-state index contributed by atoms with van der Waals surface area (Å²) < 4.78 is 5.25. The van der Waals surface area contributed by atoms with Crippen LogP contribution < -0.4 is 15.4 Å². The maximum absolute atomic E-state index is 13.3. The number of nitrogens with one attached hydrogen (secondary N) is 2. The van der Waals surface area contributed by atoms with Gasteiger partial charge in [-0.3, -0.25) is 4.79 Å². The molecular weight excluding hydrogens is 410 g/mol. The lowest BCUT2D eigenvalue weighted by atomic mass is 9.69. The van der Waals surface area contributed by atoms with E-state index < -0.39 is 0 Å². The molecule has 170 valence electrons. The molecule has 1 aromatic rings. The van der Waals surface area contributed by atoms with Gasteiger partial charge >= 0.3 is 6.03 Å². The van der Waals surface area contributed by atoms with Gasteiger partial charge in [0.15, 0.2) is 0 Å². The van der Waals surface area contributed by atoms with Crippen LogP contribution in [-0.2, 0) is 4.79 Å². The Labute approximate surface area is 189 Å². The van der Waals surface area contributed by atoms with E-state index in [1.54, 1.807) is 18.9 Å². The van der Waals surface area contributed by atoms with Crippen molar-refractivity contribution in [1.29, 1.82) is 0 Å². The lowest BCUT2D eigenvalue weighted by Gasteiger charge is -2.48. The van der Waals surface area contributed by atoms with Crippen LogP contribution in [-0.4, -0.2) is 47.7 Å². The number of nitrogens with zero attached hydrogens (tertiary/aromatic N) is 1. The Morgan fingerprint density at radius 1 is 1.13 bits per heavy atom. The van der Waals surface area contributed by atoms with Gasteiger partial charge < -0.3 is 20.3 Å². The third-order valence-corrected chi connectivity index (χ3v) is 9.28. The van der Waals surface area contributed by atoms with Crippen molar-refractivity contribution in [1.82, 2.24) is 15.5 Å². The van der Waals surface area contributed by atoms with Gasteiger partial charge in [-0.15, -0.1) is 11.8 Å². The van der Waals surface area contributed by atoms with Crippen LogP contribution in [0.5, 0.6) is 5.75 Å². The molecule has 2 saturated heterocycles. The normalized spacial score (nSPS) is 30.6. The molecule has 1 aromatic carbocycles. The van der Waals surface area contributed by atoms with Crippen LogP contribution in [0.3, 0.4) is 0 Å². The van der Waals surface area contributed by atoms with Crippen LogP contribution in [0, 0.1) is 11.3 Å². The van der Waals surface area contributed by atoms with Crippen LogP contribution >= 0.6 is 11.8 Å². The quantitative estimate of drug-likeness (QED) is 0.684. The molecule has 4 atom stereocenters. The number of carbonyl (C=O) groups excluding carboxylic acids is 2. The topological polar surface area (TPSA) is 70.7 Å². The number of carbonyl (C=O) groups is 2. The Bertz CT molecular complexity index is 796. The Morgan fingerprint density at radius 2 is 1.84 bits per heavy atom. The van der Waals surface area contributed by atoms with Crippen LogP contribution in [0.2, 0.25) is 0 Å². The summed E-state index contributed by atoms with van der Waals surface area (Å²) in [4.78, 5) is 27.5. The highest BCUT2D eigenvalue weighted by Crippen LogP contribution is 2.47. The minimum Gasteiger partial charge on any atom is -0.497 e. The second-order valence-electron chi connectivity index (χ2n) is 9.44. The van der Waals surface area contributed by atoms with Crippen molar-refractivity contribution in [3.05, 3.63) is 29.8 Å². The Kier molecular flexibility index (Phi) is 6.70. The lowest BCUT2D eigenvalue weighted by Crippen LogP contribution is -2.62. The third kappa shape index (κ3) is 4.52. The van der Waals surface area contributed by atoms with E-state index in [4.69, 9.17) is 4.74 Å². The molecule has 0 spiro atoms. The summed E-state index contributed by atoms with van der Waals surface area (Å²) in [6.07, 6.45) is 7.09. The molecule has 3 amide bonds. The summed E-state index contributed by atoms with van der Waals surface area (Å²) >= 11 is 1.68. The summed E-state index contributed by atoms with van der Waals surface area (Å²) in [7, 11) is 1.66. The summed E-state index contributed by atoms with van der Waals surface area (Å²) in [6, 6.07) is 7.86. The van der Waals surface area contributed by atoms with Gasteiger partial charge in [0.05, 0.1) is 23.8 Å². The van der Waals surface area contributed by atoms with Gasteiger partial charge in [-0.1, -0.05) is 38.3 Å². The molecule has 3 unspecified atom stereocenters. The maximum Gasteiger partial charge on any atom is 0.315 e. The fourth-order valence-electron chi connectivity index (χ4n) is 5.42. The number of benzene rings is 1. The van der Waals surface area contributed by atoms with E-state index in [1.165, 1.54) is 32.1 Å². The second-order valence-corrected chi connectivity index (χ2v) is 10.8. The molecule has 0 aromatic heterocycles. The Balaban J connectivity index is 1.45. The predicted molar refractivity (Wildman–Crippen MR) is 124 cm³/mol. The molecule has 3 aliphatic rings. The van der Waals surface area contributed by atoms with Crippen LogP contribution in [0.4, 0.5) is 4.79 Å². The highest BCUT2D eigenvalue weighted by Gasteiger charge is 2.48. The van der Waals surface area contributed by atoms with E-state index in [0.717, 1.165) is 24.3 Å². The van der Waals surface area contributed by atoms with E-state index in [0.29, 0.717) is 12.5 Å². The molecule has 1 saturated carbocycles. The van der Waals surface area contributed by atoms with Crippen molar-refractivity contribution in [3.63, 3.8) is 0 Å². The summed E-state index contributed by atoms with van der Waals surface area (Å²) in [6.45, 7) is 5.83. The first-order chi connectivity index (χ1) is 14.9. The molecule has 3 fully saturated rings. The van der Waals surface area contributed by atoms with Gasteiger partial charge in [0.2, 0.25) is 5.91 Å². The SMILES string of the molecule is COc1ccc([C@@H](C)N2CCC(SC3NC(=O)NCC3(C)C3CCCCC3)C2=O)cc1. The van der Waals surface area contributed by atoms with Crippen molar-refractivity contribution >= 4 is 23.7 Å². The predicted octanol–water partition coefficient (Wildman–Crippen LogP) is 4.32. The van der Waals surface area contributed by atoms with Gasteiger partial charge in [-0.2, -0.15) is 0 Å². The molecule has 1 aliphatic carbocycles. The Morgan fingerprint density at radius 3 is 2.52 bits per heavy atom. The molecular formula is C24H35N3O3S. The van der Waals surface area contributed by atoms with E-state index >= 15 is 0 Å². The molecule has 31 heavy (non-hydrogen) atoms. The molecule has 4 rings (SSSR count). The van der Waals surface area contributed by atoms with Gasteiger partial charge in [-0.05, 0) is 49.8 Å². The van der Waals surface area contributed by atoms with Crippen molar-refractivity contribution in [2.75, 3.05) is 20.2 Å². The van der Waals surface area contributed by atoms with E-state index in [-0.39, 0.29) is 34.0 Å². The largest absolute Gasteiger partial charge is 0.497 e. The number of methoxy groups -OCH3 is 1. The molecule has 0 bridgehead atoms.